The first kappa shape index (κ1) is 15.3. The molecule has 0 atom stereocenters. The highest BCUT2D eigenvalue weighted by molar-refractivity contribution is 6.67. The van der Waals surface area contributed by atoms with Crippen molar-refractivity contribution in [1.29, 1.82) is 0 Å². The van der Waals surface area contributed by atoms with Gasteiger partial charge < -0.3 is 4.74 Å². The van der Waals surface area contributed by atoms with Crippen LogP contribution in [0.4, 0.5) is 23.7 Å². The minimum atomic E-state index is -4.38. The average molecular weight is 296 g/mol. The fraction of sp³-hybridized carbons (Fsp3) is 0.273. The summed E-state index contributed by atoms with van der Waals surface area (Å²) in [7, 11) is 0. The molecule has 1 aromatic rings. The zero-order valence-electron chi connectivity index (χ0n) is 9.46. The van der Waals surface area contributed by atoms with E-state index < -0.39 is 30.5 Å². The van der Waals surface area contributed by atoms with Crippen molar-refractivity contribution in [3.8, 4) is 0 Å². The van der Waals surface area contributed by atoms with Gasteiger partial charge in [-0.3, -0.25) is 10.1 Å². The Labute approximate surface area is 111 Å². The average Bonchev–Trinajstić information content (AvgIpc) is 2.27. The molecule has 0 radical (unpaired) electrons. The van der Waals surface area contributed by atoms with Gasteiger partial charge in [0, 0.05) is 11.3 Å². The number of nitrogens with one attached hydrogen (secondary N) is 1. The molecule has 0 unspecified atom stereocenters. The summed E-state index contributed by atoms with van der Waals surface area (Å²) in [4.78, 5) is 22.0. The van der Waals surface area contributed by atoms with Crippen molar-refractivity contribution in [2.75, 3.05) is 11.9 Å². The monoisotopic (exact) mass is 295 g/mol. The molecule has 0 saturated heterocycles. The van der Waals surface area contributed by atoms with Crippen LogP contribution in [0.2, 0.25) is 0 Å². The quantitative estimate of drug-likeness (QED) is 0.864. The minimum Gasteiger partial charge on any atom is -0.449 e. The van der Waals surface area contributed by atoms with Crippen molar-refractivity contribution in [2.45, 2.75) is 12.6 Å². The van der Waals surface area contributed by atoms with Gasteiger partial charge in [-0.05, 0) is 29.8 Å². The molecule has 1 aromatic carbocycles. The summed E-state index contributed by atoms with van der Waals surface area (Å²) in [5.41, 5.74) is 0.346. The Morgan fingerprint density at radius 3 is 2.58 bits per heavy atom. The van der Waals surface area contributed by atoms with Crippen LogP contribution in [0.3, 0.4) is 0 Å². The summed E-state index contributed by atoms with van der Waals surface area (Å²) in [6, 6.07) is 5.60. The first-order valence-electron chi connectivity index (χ1n) is 5.08. The standard InChI is InChI=1S/C11H9ClF3NO3/c12-9(17)7-2-1-3-8(6-7)16-10(18)19-5-4-11(13,14)15/h1-3,6H,4-5H2,(H,16,18). The lowest BCUT2D eigenvalue weighted by molar-refractivity contribution is -0.140. The van der Waals surface area contributed by atoms with Gasteiger partial charge >= 0.3 is 12.3 Å². The van der Waals surface area contributed by atoms with E-state index in [2.05, 4.69) is 10.1 Å². The molecule has 1 rings (SSSR count). The molecule has 1 N–H and O–H groups in total. The molecule has 0 spiro atoms. The van der Waals surface area contributed by atoms with Crippen molar-refractivity contribution in [2.24, 2.45) is 0 Å². The zero-order chi connectivity index (χ0) is 14.5. The Bertz CT molecular complexity index is 476. The zero-order valence-corrected chi connectivity index (χ0v) is 10.2. The van der Waals surface area contributed by atoms with E-state index in [9.17, 15) is 22.8 Å². The van der Waals surface area contributed by atoms with Crippen LogP contribution in [0.5, 0.6) is 0 Å². The summed E-state index contributed by atoms with van der Waals surface area (Å²) in [6.45, 7) is -0.774. The molecule has 0 bridgehead atoms. The third kappa shape index (κ3) is 6.10. The van der Waals surface area contributed by atoms with Crippen LogP contribution in [0, 0.1) is 0 Å². The maximum absolute atomic E-state index is 11.8. The molecule has 1 amide bonds. The highest BCUT2D eigenvalue weighted by atomic mass is 35.5. The Morgan fingerprint density at radius 1 is 1.32 bits per heavy atom. The maximum Gasteiger partial charge on any atom is 0.411 e. The number of carbonyl (C=O) groups excluding carboxylic acids is 2. The predicted molar refractivity (Wildman–Crippen MR) is 62.3 cm³/mol. The first-order chi connectivity index (χ1) is 8.78. The van der Waals surface area contributed by atoms with Crippen LogP contribution in [0.15, 0.2) is 24.3 Å². The van der Waals surface area contributed by atoms with Crippen LogP contribution in [0.1, 0.15) is 16.8 Å². The Hall–Kier alpha value is -1.76. The fourth-order valence-electron chi connectivity index (χ4n) is 1.13. The summed E-state index contributed by atoms with van der Waals surface area (Å²) in [5, 5.41) is 1.47. The van der Waals surface area contributed by atoms with Gasteiger partial charge in [-0.2, -0.15) is 13.2 Å². The third-order valence-electron chi connectivity index (χ3n) is 1.95. The van der Waals surface area contributed by atoms with Gasteiger partial charge in [0.05, 0.1) is 6.42 Å². The molecule has 0 aliphatic heterocycles. The van der Waals surface area contributed by atoms with E-state index in [0.29, 0.717) is 0 Å². The van der Waals surface area contributed by atoms with E-state index in [1.54, 1.807) is 0 Å². The second-order valence-corrected chi connectivity index (χ2v) is 3.82. The molecule has 19 heavy (non-hydrogen) atoms. The molecule has 0 aromatic heterocycles. The molecule has 104 valence electrons. The van der Waals surface area contributed by atoms with E-state index in [-0.39, 0.29) is 11.3 Å². The van der Waals surface area contributed by atoms with Crippen LogP contribution in [-0.2, 0) is 4.74 Å². The van der Waals surface area contributed by atoms with Gasteiger partial charge in [0.25, 0.3) is 5.24 Å². The van der Waals surface area contributed by atoms with Gasteiger partial charge in [-0.15, -0.1) is 0 Å². The van der Waals surface area contributed by atoms with E-state index in [1.165, 1.54) is 24.3 Å². The molecular weight excluding hydrogens is 287 g/mol. The number of rotatable bonds is 4. The number of hydrogen-bond donors (Lipinski definition) is 1. The third-order valence-corrected chi connectivity index (χ3v) is 2.17. The summed E-state index contributed by atoms with van der Waals surface area (Å²) in [6.07, 6.45) is -6.64. The van der Waals surface area contributed by atoms with Crippen LogP contribution >= 0.6 is 11.6 Å². The van der Waals surface area contributed by atoms with Crippen molar-refractivity contribution < 1.29 is 27.5 Å². The van der Waals surface area contributed by atoms with E-state index in [0.717, 1.165) is 0 Å². The van der Waals surface area contributed by atoms with Crippen molar-refractivity contribution in [3.05, 3.63) is 29.8 Å². The molecule has 0 heterocycles. The van der Waals surface area contributed by atoms with Gasteiger partial charge in [0.1, 0.15) is 6.61 Å². The topological polar surface area (TPSA) is 55.4 Å². The van der Waals surface area contributed by atoms with Gasteiger partial charge in [0.2, 0.25) is 0 Å². The number of ether oxygens (including phenoxy) is 1. The SMILES string of the molecule is O=C(Nc1cccc(C(=O)Cl)c1)OCCC(F)(F)F. The molecule has 4 nitrogen and oxygen atoms in total. The van der Waals surface area contributed by atoms with E-state index in [4.69, 9.17) is 11.6 Å². The predicted octanol–water partition coefficient (Wildman–Crippen LogP) is 3.57. The second-order valence-electron chi connectivity index (χ2n) is 3.48. The Kier molecular flexibility index (Phi) is 5.17. The Morgan fingerprint density at radius 2 is 2.00 bits per heavy atom. The number of anilines is 1. The highest BCUT2D eigenvalue weighted by Gasteiger charge is 2.27. The van der Waals surface area contributed by atoms with Crippen LogP contribution in [0.25, 0.3) is 0 Å². The van der Waals surface area contributed by atoms with Crippen molar-refractivity contribution in [1.82, 2.24) is 0 Å². The first-order valence-corrected chi connectivity index (χ1v) is 5.46. The number of amides is 1. The highest BCUT2D eigenvalue weighted by Crippen LogP contribution is 2.19. The van der Waals surface area contributed by atoms with E-state index >= 15 is 0 Å². The lowest BCUT2D eigenvalue weighted by Gasteiger charge is -2.09. The number of alkyl halides is 3. The van der Waals surface area contributed by atoms with Crippen LogP contribution in [-0.4, -0.2) is 24.1 Å². The molecule has 8 heteroatoms. The molecular formula is C11H9ClF3NO3. The van der Waals surface area contributed by atoms with Crippen molar-refractivity contribution in [3.63, 3.8) is 0 Å². The van der Waals surface area contributed by atoms with E-state index in [1.807, 2.05) is 0 Å². The largest absolute Gasteiger partial charge is 0.449 e. The summed E-state index contributed by atoms with van der Waals surface area (Å²) >= 11 is 5.24. The lowest BCUT2D eigenvalue weighted by atomic mass is 10.2. The second kappa shape index (κ2) is 6.42. The van der Waals surface area contributed by atoms with Gasteiger partial charge in [-0.25, -0.2) is 4.79 Å². The molecule has 0 fully saturated rings. The maximum atomic E-state index is 11.8. The molecule has 0 aliphatic carbocycles. The molecule has 0 saturated carbocycles. The summed E-state index contributed by atoms with van der Waals surface area (Å²) < 4.78 is 39.8. The number of halogens is 4. The number of carbonyl (C=O) groups is 2. The van der Waals surface area contributed by atoms with Crippen molar-refractivity contribution >= 4 is 28.6 Å². The lowest BCUT2D eigenvalue weighted by Crippen LogP contribution is -2.18. The smallest absolute Gasteiger partial charge is 0.411 e. The fourth-order valence-corrected chi connectivity index (χ4v) is 1.25. The number of benzene rings is 1. The summed E-state index contributed by atoms with van der Waals surface area (Å²) in [5.74, 6) is 0. The van der Waals surface area contributed by atoms with Crippen LogP contribution < -0.4 is 5.32 Å². The Balaban J connectivity index is 2.48. The van der Waals surface area contributed by atoms with Gasteiger partial charge in [0.15, 0.2) is 0 Å². The normalized spacial score (nSPS) is 10.9. The van der Waals surface area contributed by atoms with Gasteiger partial charge in [-0.1, -0.05) is 6.07 Å². The minimum absolute atomic E-state index is 0.148. The number of hydrogen-bond acceptors (Lipinski definition) is 3. The molecule has 0 aliphatic rings.